The summed E-state index contributed by atoms with van der Waals surface area (Å²) >= 11 is 0. The van der Waals surface area contributed by atoms with Crippen molar-refractivity contribution in [1.82, 2.24) is 10.2 Å². The second kappa shape index (κ2) is 8.34. The van der Waals surface area contributed by atoms with Crippen molar-refractivity contribution in [2.45, 2.75) is 52.6 Å². The molecular formula is C17H30N2. The Labute approximate surface area is 119 Å². The van der Waals surface area contributed by atoms with Crippen LogP contribution in [-0.4, -0.2) is 31.1 Å². The van der Waals surface area contributed by atoms with Gasteiger partial charge in [0, 0.05) is 12.1 Å². The lowest BCUT2D eigenvalue weighted by Crippen LogP contribution is -2.41. The predicted octanol–water partition coefficient (Wildman–Crippen LogP) is 3.63. The zero-order valence-electron chi connectivity index (χ0n) is 13.2. The van der Waals surface area contributed by atoms with Crippen LogP contribution >= 0.6 is 0 Å². The molecule has 0 aliphatic heterocycles. The minimum Gasteiger partial charge on any atom is -0.309 e. The van der Waals surface area contributed by atoms with Gasteiger partial charge < -0.3 is 10.2 Å². The van der Waals surface area contributed by atoms with Crippen molar-refractivity contribution in [3.63, 3.8) is 0 Å². The molecule has 0 saturated carbocycles. The summed E-state index contributed by atoms with van der Waals surface area (Å²) in [5.41, 5.74) is 2.81. The SMILES string of the molecule is CCCNC(c1ccc(CC)cc1)C(C)N(C)CC. The third kappa shape index (κ3) is 4.63. The Morgan fingerprint density at radius 3 is 2.21 bits per heavy atom. The van der Waals surface area contributed by atoms with Crippen LogP contribution in [0, 0.1) is 0 Å². The third-order valence-corrected chi connectivity index (χ3v) is 4.04. The summed E-state index contributed by atoms with van der Waals surface area (Å²) in [5, 5.41) is 3.70. The molecule has 0 aliphatic rings. The summed E-state index contributed by atoms with van der Waals surface area (Å²) < 4.78 is 0. The van der Waals surface area contributed by atoms with E-state index in [9.17, 15) is 0 Å². The first-order valence-corrected chi connectivity index (χ1v) is 7.66. The number of rotatable bonds is 8. The zero-order chi connectivity index (χ0) is 14.3. The molecule has 108 valence electrons. The zero-order valence-corrected chi connectivity index (χ0v) is 13.2. The van der Waals surface area contributed by atoms with Gasteiger partial charge >= 0.3 is 0 Å². The second-order valence-electron chi connectivity index (χ2n) is 5.34. The molecular weight excluding hydrogens is 232 g/mol. The first kappa shape index (κ1) is 16.2. The first-order chi connectivity index (χ1) is 9.13. The number of nitrogens with one attached hydrogen (secondary N) is 1. The summed E-state index contributed by atoms with van der Waals surface area (Å²) in [5.74, 6) is 0. The van der Waals surface area contributed by atoms with Crippen molar-refractivity contribution in [3.05, 3.63) is 35.4 Å². The van der Waals surface area contributed by atoms with Gasteiger partial charge in [0.15, 0.2) is 0 Å². The molecule has 0 saturated heterocycles. The molecule has 1 rings (SSSR count). The van der Waals surface area contributed by atoms with Crippen LogP contribution in [0.3, 0.4) is 0 Å². The molecule has 2 atom stereocenters. The molecule has 2 nitrogen and oxygen atoms in total. The van der Waals surface area contributed by atoms with Crippen LogP contribution in [-0.2, 0) is 6.42 Å². The van der Waals surface area contributed by atoms with E-state index in [-0.39, 0.29) is 0 Å². The molecule has 19 heavy (non-hydrogen) atoms. The van der Waals surface area contributed by atoms with Gasteiger partial charge in [-0.05, 0) is 51.0 Å². The van der Waals surface area contributed by atoms with Crippen molar-refractivity contribution in [2.24, 2.45) is 0 Å². The lowest BCUT2D eigenvalue weighted by molar-refractivity contribution is 0.216. The summed E-state index contributed by atoms with van der Waals surface area (Å²) in [4.78, 5) is 2.40. The fraction of sp³-hybridized carbons (Fsp3) is 0.647. The Kier molecular flexibility index (Phi) is 7.11. The maximum Gasteiger partial charge on any atom is 0.0475 e. The number of hydrogen-bond acceptors (Lipinski definition) is 2. The molecule has 0 radical (unpaired) electrons. The van der Waals surface area contributed by atoms with Crippen LogP contribution < -0.4 is 5.32 Å². The van der Waals surface area contributed by atoms with Crippen LogP contribution in [0.5, 0.6) is 0 Å². The topological polar surface area (TPSA) is 15.3 Å². The highest BCUT2D eigenvalue weighted by molar-refractivity contribution is 5.26. The van der Waals surface area contributed by atoms with Crippen LogP contribution in [0.15, 0.2) is 24.3 Å². The van der Waals surface area contributed by atoms with E-state index in [1.165, 1.54) is 17.5 Å². The molecule has 0 fully saturated rings. The average molecular weight is 262 g/mol. The predicted molar refractivity (Wildman–Crippen MR) is 84.6 cm³/mol. The van der Waals surface area contributed by atoms with E-state index >= 15 is 0 Å². The quantitative estimate of drug-likeness (QED) is 0.769. The van der Waals surface area contributed by atoms with Gasteiger partial charge in [0.2, 0.25) is 0 Å². The number of aryl methyl sites for hydroxylation is 1. The summed E-state index contributed by atoms with van der Waals surface area (Å²) in [7, 11) is 2.20. The molecule has 2 unspecified atom stereocenters. The Bertz CT molecular complexity index is 345. The van der Waals surface area contributed by atoms with Crippen LogP contribution in [0.25, 0.3) is 0 Å². The van der Waals surface area contributed by atoms with E-state index in [2.05, 4.69) is 69.2 Å². The van der Waals surface area contributed by atoms with Gasteiger partial charge in [0.25, 0.3) is 0 Å². The average Bonchev–Trinajstić information content (AvgIpc) is 2.47. The van der Waals surface area contributed by atoms with Crippen molar-refractivity contribution in [1.29, 1.82) is 0 Å². The third-order valence-electron chi connectivity index (χ3n) is 4.04. The van der Waals surface area contributed by atoms with Gasteiger partial charge in [-0.3, -0.25) is 0 Å². The molecule has 0 aromatic heterocycles. The number of nitrogens with zero attached hydrogens (tertiary/aromatic N) is 1. The number of likely N-dealkylation sites (N-methyl/N-ethyl adjacent to an activating group) is 1. The molecule has 0 spiro atoms. The van der Waals surface area contributed by atoms with Gasteiger partial charge in [-0.25, -0.2) is 0 Å². The highest BCUT2D eigenvalue weighted by Gasteiger charge is 2.21. The maximum atomic E-state index is 3.70. The van der Waals surface area contributed by atoms with E-state index in [1.54, 1.807) is 0 Å². The second-order valence-corrected chi connectivity index (χ2v) is 5.34. The smallest absolute Gasteiger partial charge is 0.0475 e. The Balaban J connectivity index is 2.87. The van der Waals surface area contributed by atoms with E-state index in [1.807, 2.05) is 0 Å². The largest absolute Gasteiger partial charge is 0.309 e. The summed E-state index contributed by atoms with van der Waals surface area (Å²) in [6.07, 6.45) is 2.28. The van der Waals surface area contributed by atoms with Crippen LogP contribution in [0.1, 0.15) is 51.3 Å². The molecule has 1 N–H and O–H groups in total. The lowest BCUT2D eigenvalue weighted by Gasteiger charge is -2.32. The Hall–Kier alpha value is -0.860. The standard InChI is InChI=1S/C17H30N2/c1-6-13-18-17(14(4)19(5)8-3)16-11-9-15(7-2)10-12-16/h9-12,14,17-18H,6-8,13H2,1-5H3. The van der Waals surface area contributed by atoms with Gasteiger partial charge in [0.05, 0.1) is 0 Å². The fourth-order valence-electron chi connectivity index (χ4n) is 2.37. The summed E-state index contributed by atoms with van der Waals surface area (Å²) in [6, 6.07) is 10.0. The first-order valence-electron chi connectivity index (χ1n) is 7.66. The van der Waals surface area contributed by atoms with Crippen molar-refractivity contribution >= 4 is 0 Å². The highest BCUT2D eigenvalue weighted by atomic mass is 15.2. The van der Waals surface area contributed by atoms with E-state index in [0.29, 0.717) is 12.1 Å². The van der Waals surface area contributed by atoms with E-state index < -0.39 is 0 Å². The van der Waals surface area contributed by atoms with E-state index in [0.717, 1.165) is 19.5 Å². The van der Waals surface area contributed by atoms with Crippen molar-refractivity contribution in [2.75, 3.05) is 20.1 Å². The molecule has 0 heterocycles. The highest BCUT2D eigenvalue weighted by Crippen LogP contribution is 2.21. The molecule has 0 aliphatic carbocycles. The Morgan fingerprint density at radius 2 is 1.74 bits per heavy atom. The fourth-order valence-corrected chi connectivity index (χ4v) is 2.37. The van der Waals surface area contributed by atoms with Crippen LogP contribution in [0.4, 0.5) is 0 Å². The van der Waals surface area contributed by atoms with Crippen LogP contribution in [0.2, 0.25) is 0 Å². The molecule has 1 aromatic carbocycles. The molecule has 0 amide bonds. The number of hydrogen-bond donors (Lipinski definition) is 1. The summed E-state index contributed by atoms with van der Waals surface area (Å²) in [6.45, 7) is 11.1. The molecule has 0 bridgehead atoms. The van der Waals surface area contributed by atoms with Crippen molar-refractivity contribution < 1.29 is 0 Å². The monoisotopic (exact) mass is 262 g/mol. The minimum absolute atomic E-state index is 0.413. The van der Waals surface area contributed by atoms with Gasteiger partial charge in [-0.1, -0.05) is 45.0 Å². The van der Waals surface area contributed by atoms with Gasteiger partial charge in [0.1, 0.15) is 0 Å². The van der Waals surface area contributed by atoms with Gasteiger partial charge in [-0.15, -0.1) is 0 Å². The molecule has 1 aromatic rings. The number of benzene rings is 1. The normalized spacial score (nSPS) is 14.6. The lowest BCUT2D eigenvalue weighted by atomic mass is 9.97. The Morgan fingerprint density at radius 1 is 1.11 bits per heavy atom. The van der Waals surface area contributed by atoms with Gasteiger partial charge in [-0.2, -0.15) is 0 Å². The van der Waals surface area contributed by atoms with Crippen molar-refractivity contribution in [3.8, 4) is 0 Å². The molecule has 2 heteroatoms. The van der Waals surface area contributed by atoms with E-state index in [4.69, 9.17) is 0 Å². The maximum absolute atomic E-state index is 3.70. The minimum atomic E-state index is 0.413.